The van der Waals surface area contributed by atoms with Gasteiger partial charge in [0.1, 0.15) is 24.2 Å². The summed E-state index contributed by atoms with van der Waals surface area (Å²) in [5, 5.41) is 21.0. The standard InChI is InChI=1S/C27H26Cl2N6O9/c1-17(2)12-33-24(25(43-34(36)37)31-26(33)44-35(38)39)18-3-6-20(7-4-18)40-13-21-14-41-27(42-21,15-32-10-9-30-16-32)22-8-5-19(28)11-23(22)29/h3-11,16-17,21H,12-15H2,1-2H3. The second kappa shape index (κ2) is 13.1. The topological polar surface area (TPSA) is 168 Å². The summed E-state index contributed by atoms with van der Waals surface area (Å²) in [6.45, 7) is 4.55. The number of benzene rings is 2. The van der Waals surface area contributed by atoms with Gasteiger partial charge in [-0.05, 0) is 42.3 Å². The van der Waals surface area contributed by atoms with Crippen molar-refractivity contribution in [2.75, 3.05) is 13.2 Å². The third-order valence-corrected chi connectivity index (χ3v) is 7.03. The molecular formula is C27H26Cl2N6O9. The summed E-state index contributed by atoms with van der Waals surface area (Å²) in [4.78, 5) is 39.4. The fraction of sp³-hybridized carbons (Fsp3) is 0.333. The van der Waals surface area contributed by atoms with Gasteiger partial charge in [-0.1, -0.05) is 43.1 Å². The van der Waals surface area contributed by atoms with Crippen LogP contribution in [-0.4, -0.2) is 48.6 Å². The van der Waals surface area contributed by atoms with Crippen molar-refractivity contribution in [3.63, 3.8) is 0 Å². The number of nitrogens with zero attached hydrogens (tertiary/aromatic N) is 6. The summed E-state index contributed by atoms with van der Waals surface area (Å²) in [6, 6.07) is 11.1. The first-order chi connectivity index (χ1) is 21.0. The Kier molecular flexibility index (Phi) is 9.20. The summed E-state index contributed by atoms with van der Waals surface area (Å²) in [7, 11) is 0. The highest BCUT2D eigenvalue weighted by molar-refractivity contribution is 6.35. The fourth-order valence-corrected chi connectivity index (χ4v) is 5.32. The largest absolute Gasteiger partial charge is 0.491 e. The zero-order chi connectivity index (χ0) is 31.4. The Morgan fingerprint density at radius 3 is 2.50 bits per heavy atom. The molecule has 0 saturated carbocycles. The highest BCUT2D eigenvalue weighted by Crippen LogP contribution is 2.41. The van der Waals surface area contributed by atoms with Gasteiger partial charge in [0.2, 0.25) is 11.7 Å². The van der Waals surface area contributed by atoms with Crippen molar-refractivity contribution in [3.05, 3.63) is 97.0 Å². The van der Waals surface area contributed by atoms with E-state index in [9.17, 15) is 20.2 Å². The fourth-order valence-electron chi connectivity index (χ4n) is 4.77. The van der Waals surface area contributed by atoms with Gasteiger partial charge in [0.15, 0.2) is 0 Å². The van der Waals surface area contributed by atoms with Crippen molar-refractivity contribution in [1.82, 2.24) is 19.1 Å². The molecule has 0 bridgehead atoms. The average Bonchev–Trinajstić information content (AvgIpc) is 3.68. The Morgan fingerprint density at radius 1 is 1.11 bits per heavy atom. The Bertz CT molecular complexity index is 1630. The van der Waals surface area contributed by atoms with Crippen molar-refractivity contribution >= 4 is 23.2 Å². The Morgan fingerprint density at radius 2 is 1.86 bits per heavy atom. The summed E-state index contributed by atoms with van der Waals surface area (Å²) in [5.41, 5.74) is 1.17. The summed E-state index contributed by atoms with van der Waals surface area (Å²) in [5.74, 6) is -1.22. The lowest BCUT2D eigenvalue weighted by atomic mass is 10.1. The minimum Gasteiger partial charge on any atom is -0.491 e. The van der Waals surface area contributed by atoms with Crippen LogP contribution in [-0.2, 0) is 28.4 Å². The van der Waals surface area contributed by atoms with Crippen LogP contribution in [0.4, 0.5) is 0 Å². The van der Waals surface area contributed by atoms with Crippen LogP contribution >= 0.6 is 23.2 Å². The molecule has 2 aromatic carbocycles. The molecule has 232 valence electrons. The van der Waals surface area contributed by atoms with Crippen LogP contribution in [0.25, 0.3) is 11.3 Å². The lowest BCUT2D eigenvalue weighted by molar-refractivity contribution is -0.715. The first-order valence-corrected chi connectivity index (χ1v) is 14.0. The van der Waals surface area contributed by atoms with E-state index in [1.807, 2.05) is 18.4 Å². The van der Waals surface area contributed by atoms with Crippen LogP contribution in [0.2, 0.25) is 10.0 Å². The molecule has 44 heavy (non-hydrogen) atoms. The van der Waals surface area contributed by atoms with Gasteiger partial charge in [-0.15, -0.1) is 20.2 Å². The van der Waals surface area contributed by atoms with Crippen molar-refractivity contribution in [2.24, 2.45) is 5.92 Å². The van der Waals surface area contributed by atoms with E-state index < -0.39 is 34.0 Å². The first kappa shape index (κ1) is 31.0. The summed E-state index contributed by atoms with van der Waals surface area (Å²) < 4.78 is 21.8. The van der Waals surface area contributed by atoms with E-state index in [1.165, 1.54) is 4.57 Å². The SMILES string of the molecule is CC(C)Cn1c(O[N+](=O)[O-])nc(O[N+](=O)[O-])c1-c1ccc(OCC2COC(Cn3ccnc3)(c3ccc(Cl)cc3Cl)O2)cc1. The molecule has 4 aromatic rings. The maximum Gasteiger partial charge on any atom is 0.302 e. The molecule has 2 unspecified atom stereocenters. The number of rotatable bonds is 13. The molecule has 17 heteroatoms. The summed E-state index contributed by atoms with van der Waals surface area (Å²) in [6.07, 6.45) is 4.60. The summed E-state index contributed by atoms with van der Waals surface area (Å²) >= 11 is 12.6. The van der Waals surface area contributed by atoms with Crippen molar-refractivity contribution < 1.29 is 34.1 Å². The van der Waals surface area contributed by atoms with E-state index in [2.05, 4.69) is 19.6 Å². The molecule has 2 aromatic heterocycles. The Labute approximate surface area is 260 Å². The predicted octanol–water partition coefficient (Wildman–Crippen LogP) is 5.20. The molecule has 0 aliphatic carbocycles. The van der Waals surface area contributed by atoms with Crippen LogP contribution in [0, 0.1) is 26.1 Å². The van der Waals surface area contributed by atoms with Crippen molar-refractivity contribution in [1.29, 1.82) is 0 Å². The molecule has 5 rings (SSSR count). The number of ether oxygens (including phenoxy) is 3. The van der Waals surface area contributed by atoms with Gasteiger partial charge in [0.25, 0.3) is 6.01 Å². The molecule has 1 fully saturated rings. The molecular weight excluding hydrogens is 623 g/mol. The number of halogens is 2. The Hall–Kier alpha value is -4.44. The molecule has 1 aliphatic rings. The lowest BCUT2D eigenvalue weighted by Gasteiger charge is -2.30. The molecule has 0 amide bonds. The predicted molar refractivity (Wildman–Crippen MR) is 154 cm³/mol. The molecule has 1 saturated heterocycles. The lowest BCUT2D eigenvalue weighted by Crippen LogP contribution is -2.34. The van der Waals surface area contributed by atoms with Crippen molar-refractivity contribution in [3.8, 4) is 28.9 Å². The smallest absolute Gasteiger partial charge is 0.302 e. The first-order valence-electron chi connectivity index (χ1n) is 13.2. The van der Waals surface area contributed by atoms with Crippen LogP contribution in [0.1, 0.15) is 19.4 Å². The number of imidazole rings is 2. The van der Waals surface area contributed by atoms with E-state index in [0.29, 0.717) is 26.9 Å². The van der Waals surface area contributed by atoms with Crippen molar-refractivity contribution in [2.45, 2.75) is 38.8 Å². The van der Waals surface area contributed by atoms with Gasteiger partial charge in [0, 0.05) is 35.1 Å². The average molecular weight is 649 g/mol. The van der Waals surface area contributed by atoms with Gasteiger partial charge < -0.3 is 23.3 Å². The Balaban J connectivity index is 1.34. The molecule has 0 N–H and O–H groups in total. The second-order valence-corrected chi connectivity index (χ2v) is 11.0. The zero-order valence-electron chi connectivity index (χ0n) is 23.4. The van der Waals surface area contributed by atoms with Crippen LogP contribution in [0.5, 0.6) is 17.6 Å². The molecule has 15 nitrogen and oxygen atoms in total. The number of hydrogen-bond donors (Lipinski definition) is 0. The third-order valence-electron chi connectivity index (χ3n) is 6.48. The van der Waals surface area contributed by atoms with Crippen LogP contribution in [0.15, 0.2) is 61.2 Å². The van der Waals surface area contributed by atoms with Gasteiger partial charge in [-0.25, -0.2) is 9.82 Å². The van der Waals surface area contributed by atoms with Gasteiger partial charge >= 0.3 is 10.2 Å². The third kappa shape index (κ3) is 7.02. The van der Waals surface area contributed by atoms with Gasteiger partial charge in [-0.3, -0.25) is 4.84 Å². The number of hydrogen-bond acceptors (Lipinski definition) is 11. The maximum absolute atomic E-state index is 11.1. The molecule has 3 heterocycles. The minimum atomic E-state index is -1.22. The van der Waals surface area contributed by atoms with Gasteiger partial charge in [0.05, 0.1) is 24.5 Å². The molecule has 0 spiro atoms. The maximum atomic E-state index is 11.1. The van der Waals surface area contributed by atoms with Gasteiger partial charge in [-0.2, -0.15) is 4.98 Å². The van der Waals surface area contributed by atoms with Crippen LogP contribution in [0.3, 0.4) is 0 Å². The molecule has 1 aliphatic heterocycles. The van der Waals surface area contributed by atoms with E-state index in [1.54, 1.807) is 61.2 Å². The quantitative estimate of drug-likeness (QED) is 0.138. The molecule has 2 atom stereocenters. The second-order valence-electron chi connectivity index (χ2n) is 10.2. The molecule has 0 radical (unpaired) electrons. The highest BCUT2D eigenvalue weighted by Gasteiger charge is 2.45. The van der Waals surface area contributed by atoms with Crippen LogP contribution < -0.4 is 14.4 Å². The van der Waals surface area contributed by atoms with E-state index in [4.69, 9.17) is 37.4 Å². The monoisotopic (exact) mass is 648 g/mol. The zero-order valence-corrected chi connectivity index (χ0v) is 24.9. The normalized spacial score (nSPS) is 18.0. The van der Waals surface area contributed by atoms with E-state index in [-0.39, 0.29) is 37.9 Å². The minimum absolute atomic E-state index is 0.0135. The van der Waals surface area contributed by atoms with E-state index >= 15 is 0 Å². The highest BCUT2D eigenvalue weighted by atomic mass is 35.5. The van der Waals surface area contributed by atoms with E-state index in [0.717, 1.165) is 0 Å². The number of aromatic nitrogens is 4.